The predicted molar refractivity (Wildman–Crippen MR) is 329 cm³/mol. The zero-order chi connectivity index (χ0) is 53.3. The molecule has 0 atom stereocenters. The molecule has 0 amide bonds. The van der Waals surface area contributed by atoms with Crippen LogP contribution in [0.2, 0.25) is 0 Å². The van der Waals surface area contributed by atoms with Crippen LogP contribution in [0.15, 0.2) is 237 Å². The summed E-state index contributed by atoms with van der Waals surface area (Å²) in [6.45, 7) is 19.6. The summed E-state index contributed by atoms with van der Waals surface area (Å²) >= 11 is 0. The molecular formula is C73H69N3. The Bertz CT molecular complexity index is 3950. The molecule has 76 heavy (non-hydrogen) atoms. The fourth-order valence-electron chi connectivity index (χ4n) is 10.6. The number of hydrogen-bond acceptors (Lipinski definition) is 2. The summed E-state index contributed by atoms with van der Waals surface area (Å²) in [4.78, 5) is 7.73. The van der Waals surface area contributed by atoms with E-state index in [2.05, 4.69) is 258 Å². The Hall–Kier alpha value is -8.66. The molecule has 0 N–H and O–H groups in total. The van der Waals surface area contributed by atoms with Crippen LogP contribution in [0.5, 0.6) is 0 Å². The second-order valence-electron chi connectivity index (χ2n) is 20.8. The Morgan fingerprint density at radius 2 is 0.803 bits per heavy atom. The van der Waals surface area contributed by atoms with E-state index in [1.807, 2.05) is 44.3 Å². The smallest absolute Gasteiger partial charge is 0.0488 e. The third-order valence-corrected chi connectivity index (χ3v) is 14.8. The van der Waals surface area contributed by atoms with Gasteiger partial charge in [0.25, 0.3) is 0 Å². The SMILES string of the molecule is Cc1c2ccccc2c(C)c2ccccc12.Cc1ccc2c(c1)C(C)(C)c1ccccc1-2.Cc1ccc2c(c1)c1ccccc1n2C.Cc1ccc2cc3ccccc3cc2c1.Cc1cccnc1.Cc1ccncc1. The van der Waals surface area contributed by atoms with Crippen LogP contribution in [-0.2, 0) is 12.5 Å². The molecule has 0 unspecified atom stereocenters. The molecule has 1 aliphatic rings. The van der Waals surface area contributed by atoms with E-state index in [-0.39, 0.29) is 5.41 Å². The van der Waals surface area contributed by atoms with Gasteiger partial charge in [-0.25, -0.2) is 0 Å². The van der Waals surface area contributed by atoms with Gasteiger partial charge in [-0.3, -0.25) is 9.97 Å². The number of hydrogen-bond donors (Lipinski definition) is 0. The first kappa shape index (κ1) is 52.2. The number of pyridine rings is 2. The second-order valence-corrected chi connectivity index (χ2v) is 20.8. The monoisotopic (exact) mass is 988 g/mol. The van der Waals surface area contributed by atoms with Crippen molar-refractivity contribution in [2.45, 2.75) is 67.7 Å². The van der Waals surface area contributed by atoms with Crippen LogP contribution in [0.4, 0.5) is 0 Å². The third-order valence-electron chi connectivity index (χ3n) is 14.8. The van der Waals surface area contributed by atoms with Gasteiger partial charge in [-0.2, -0.15) is 0 Å². The summed E-state index contributed by atoms with van der Waals surface area (Å²) in [7, 11) is 2.12. The summed E-state index contributed by atoms with van der Waals surface area (Å²) in [5, 5.41) is 13.5. The number of aromatic nitrogens is 3. The van der Waals surface area contributed by atoms with Crippen LogP contribution >= 0.6 is 0 Å². The van der Waals surface area contributed by atoms with E-state index < -0.39 is 0 Å². The van der Waals surface area contributed by atoms with Gasteiger partial charge in [-0.1, -0.05) is 194 Å². The van der Waals surface area contributed by atoms with Crippen molar-refractivity contribution in [3.8, 4) is 11.1 Å². The van der Waals surface area contributed by atoms with Crippen molar-refractivity contribution in [3.63, 3.8) is 0 Å². The molecule has 3 heterocycles. The van der Waals surface area contributed by atoms with Crippen LogP contribution in [0.25, 0.3) is 76.0 Å². The fraction of sp³-hybridized carbons (Fsp3) is 0.151. The van der Waals surface area contributed by atoms with Crippen LogP contribution in [0.1, 0.15) is 63.9 Å². The Kier molecular flexibility index (Phi) is 16.0. The summed E-state index contributed by atoms with van der Waals surface area (Å²) < 4.78 is 2.25. The standard InChI is InChI=1S/C16H16.C16H14.C15H12.C14H13N.2C6H7N/c1-11-8-9-13-12-6-4-5-7-14(12)16(2,3)15(13)10-11;1-11-13-7-3-5-9-15(13)12(2)16-10-6-4-8-14(11)16;1-11-6-7-14-9-12-4-2-3-5-13(12)10-15(14)8-11;1-10-7-8-14-12(9-10)11-5-3-4-6-13(11)15(14)2;1-6-2-4-7-5-3-6;1-6-3-2-4-7-5-6/h4-10H,1-3H3;3-10H,1-2H3;2-10H,1H3;3-9H,1-2H3;2*2-5H,1H3. The maximum Gasteiger partial charge on any atom is 0.0488 e. The number of nitrogens with zero attached hydrogens (tertiary/aromatic N) is 3. The molecular weight excluding hydrogens is 919 g/mol. The highest BCUT2D eigenvalue weighted by atomic mass is 14.9. The maximum atomic E-state index is 3.88. The molecule has 0 spiro atoms. The molecule has 0 fully saturated rings. The first-order chi connectivity index (χ1) is 36.8. The summed E-state index contributed by atoms with van der Waals surface area (Å²) in [5.41, 5.74) is 17.7. The largest absolute Gasteiger partial charge is 0.344 e. The average Bonchev–Trinajstić information content (AvgIpc) is 3.86. The van der Waals surface area contributed by atoms with Gasteiger partial charge in [0.2, 0.25) is 0 Å². The number of rotatable bonds is 0. The number of para-hydroxylation sites is 1. The van der Waals surface area contributed by atoms with Crippen molar-refractivity contribution in [2.75, 3.05) is 0 Å². The Balaban J connectivity index is 0.000000114. The highest BCUT2D eigenvalue weighted by Gasteiger charge is 2.34. The van der Waals surface area contributed by atoms with Crippen molar-refractivity contribution in [3.05, 3.63) is 287 Å². The minimum absolute atomic E-state index is 0.151. The van der Waals surface area contributed by atoms with E-state index in [0.717, 1.165) is 0 Å². The second kappa shape index (κ2) is 23.3. The van der Waals surface area contributed by atoms with E-state index in [4.69, 9.17) is 0 Å². The minimum Gasteiger partial charge on any atom is -0.344 e. The van der Waals surface area contributed by atoms with Gasteiger partial charge in [0.1, 0.15) is 0 Å². The molecule has 0 aliphatic heterocycles. The van der Waals surface area contributed by atoms with Gasteiger partial charge in [0.15, 0.2) is 0 Å². The average molecular weight is 988 g/mol. The van der Waals surface area contributed by atoms with E-state index in [1.54, 1.807) is 18.6 Å². The fourth-order valence-corrected chi connectivity index (χ4v) is 10.6. The van der Waals surface area contributed by atoms with Crippen molar-refractivity contribution >= 4 is 64.9 Å². The van der Waals surface area contributed by atoms with Gasteiger partial charge in [-0.15, -0.1) is 0 Å². The van der Waals surface area contributed by atoms with Crippen LogP contribution in [-0.4, -0.2) is 14.5 Å². The molecule has 14 rings (SSSR count). The Morgan fingerprint density at radius 3 is 1.38 bits per heavy atom. The van der Waals surface area contributed by atoms with Gasteiger partial charge in [0, 0.05) is 59.1 Å². The lowest BCUT2D eigenvalue weighted by Gasteiger charge is -2.21. The zero-order valence-electron chi connectivity index (χ0n) is 45.9. The highest BCUT2D eigenvalue weighted by molar-refractivity contribution is 6.08. The lowest BCUT2D eigenvalue weighted by molar-refractivity contribution is 0.660. The van der Waals surface area contributed by atoms with E-state index >= 15 is 0 Å². The number of aryl methyl sites for hydroxylation is 8. The van der Waals surface area contributed by atoms with Crippen LogP contribution in [0, 0.1) is 48.5 Å². The van der Waals surface area contributed by atoms with E-state index in [0.29, 0.717) is 0 Å². The molecule has 3 nitrogen and oxygen atoms in total. The van der Waals surface area contributed by atoms with Gasteiger partial charge in [0.05, 0.1) is 0 Å². The number of fused-ring (bicyclic) bond motifs is 10. The lowest BCUT2D eigenvalue weighted by atomic mass is 9.82. The molecule has 1 aliphatic carbocycles. The quantitative estimate of drug-likeness (QED) is 0.142. The molecule has 10 aromatic carbocycles. The lowest BCUT2D eigenvalue weighted by Crippen LogP contribution is -2.14. The van der Waals surface area contributed by atoms with Gasteiger partial charge >= 0.3 is 0 Å². The van der Waals surface area contributed by atoms with Crippen molar-refractivity contribution in [2.24, 2.45) is 7.05 Å². The van der Waals surface area contributed by atoms with E-state index in [9.17, 15) is 0 Å². The van der Waals surface area contributed by atoms with Gasteiger partial charge < -0.3 is 4.57 Å². The summed E-state index contributed by atoms with van der Waals surface area (Å²) in [5.74, 6) is 0. The molecule has 0 bridgehead atoms. The molecule has 3 heteroatoms. The van der Waals surface area contributed by atoms with Crippen LogP contribution in [0.3, 0.4) is 0 Å². The van der Waals surface area contributed by atoms with Crippen molar-refractivity contribution in [1.29, 1.82) is 0 Å². The van der Waals surface area contributed by atoms with Crippen molar-refractivity contribution < 1.29 is 0 Å². The first-order valence-corrected chi connectivity index (χ1v) is 26.4. The Labute approximate surface area is 450 Å². The highest BCUT2D eigenvalue weighted by Crippen LogP contribution is 2.48. The van der Waals surface area contributed by atoms with Gasteiger partial charge in [-0.05, 0) is 185 Å². The third kappa shape index (κ3) is 11.5. The molecule has 376 valence electrons. The summed E-state index contributed by atoms with van der Waals surface area (Å²) in [6.07, 6.45) is 7.18. The minimum atomic E-state index is 0.151. The Morgan fingerprint density at radius 1 is 0.316 bits per heavy atom. The molecule has 3 aromatic heterocycles. The van der Waals surface area contributed by atoms with Crippen LogP contribution < -0.4 is 0 Å². The number of benzene rings is 10. The molecule has 0 radical (unpaired) electrons. The summed E-state index contributed by atoms with van der Waals surface area (Å²) in [6, 6.07) is 75.5. The molecule has 0 saturated heterocycles. The first-order valence-electron chi connectivity index (χ1n) is 26.4. The maximum absolute atomic E-state index is 3.88. The predicted octanol–water partition coefficient (Wildman–Crippen LogP) is 19.6. The van der Waals surface area contributed by atoms with E-state index in [1.165, 1.54) is 126 Å². The van der Waals surface area contributed by atoms with Crippen molar-refractivity contribution in [1.82, 2.24) is 14.5 Å². The topological polar surface area (TPSA) is 30.7 Å². The zero-order valence-corrected chi connectivity index (χ0v) is 45.9. The molecule has 13 aromatic rings. The normalized spacial score (nSPS) is 11.7. The molecule has 0 saturated carbocycles.